The number of fused-ring (bicyclic) bond motifs is 1. The molecule has 120 valence electrons. The number of carbonyl (C=O) groups excluding carboxylic acids is 2. The molecule has 3 heterocycles. The molecular formula is C17H19N3O3. The summed E-state index contributed by atoms with van der Waals surface area (Å²) in [5.74, 6) is -0.732. The standard InChI is InChI=1S/C17H19N3O3/c21-16-4-2-12(17(22)19-16)14-10-23-15-3-1-11(9-13(14)15)20-7-5-18-6-8-20/h1,3,9-10,12,18H,2,4-8H2,(H,19,21,22). The van der Waals surface area contributed by atoms with Gasteiger partial charge in [0.15, 0.2) is 0 Å². The van der Waals surface area contributed by atoms with Crippen molar-refractivity contribution >= 4 is 28.5 Å². The summed E-state index contributed by atoms with van der Waals surface area (Å²) in [6, 6.07) is 6.12. The van der Waals surface area contributed by atoms with E-state index >= 15 is 0 Å². The molecule has 23 heavy (non-hydrogen) atoms. The van der Waals surface area contributed by atoms with Crippen LogP contribution in [-0.2, 0) is 9.59 Å². The molecular weight excluding hydrogens is 294 g/mol. The molecule has 2 aliphatic rings. The van der Waals surface area contributed by atoms with Crippen molar-refractivity contribution in [3.63, 3.8) is 0 Å². The third kappa shape index (κ3) is 2.59. The van der Waals surface area contributed by atoms with Crippen LogP contribution in [0.2, 0.25) is 0 Å². The monoisotopic (exact) mass is 313 g/mol. The van der Waals surface area contributed by atoms with E-state index < -0.39 is 0 Å². The lowest BCUT2D eigenvalue weighted by atomic mass is 9.90. The summed E-state index contributed by atoms with van der Waals surface area (Å²) in [4.78, 5) is 25.8. The number of hydrogen-bond donors (Lipinski definition) is 2. The van der Waals surface area contributed by atoms with E-state index in [9.17, 15) is 9.59 Å². The fourth-order valence-corrected chi connectivity index (χ4v) is 3.42. The number of nitrogens with zero attached hydrogens (tertiary/aromatic N) is 1. The molecule has 1 unspecified atom stereocenters. The van der Waals surface area contributed by atoms with Crippen LogP contribution in [0.5, 0.6) is 0 Å². The Morgan fingerprint density at radius 1 is 1.17 bits per heavy atom. The van der Waals surface area contributed by atoms with E-state index in [1.165, 1.54) is 0 Å². The highest BCUT2D eigenvalue weighted by Crippen LogP contribution is 2.34. The van der Waals surface area contributed by atoms with E-state index in [2.05, 4.69) is 27.7 Å². The number of carbonyl (C=O) groups is 2. The zero-order valence-electron chi connectivity index (χ0n) is 12.8. The van der Waals surface area contributed by atoms with Gasteiger partial charge in [-0.05, 0) is 24.6 Å². The van der Waals surface area contributed by atoms with E-state index in [-0.39, 0.29) is 17.7 Å². The minimum absolute atomic E-state index is 0.194. The van der Waals surface area contributed by atoms with Crippen LogP contribution in [0.15, 0.2) is 28.9 Å². The summed E-state index contributed by atoms with van der Waals surface area (Å²) in [7, 11) is 0. The number of rotatable bonds is 2. The number of furan rings is 1. The van der Waals surface area contributed by atoms with Crippen molar-refractivity contribution in [1.82, 2.24) is 10.6 Å². The van der Waals surface area contributed by atoms with Gasteiger partial charge in [0.2, 0.25) is 11.8 Å². The summed E-state index contributed by atoms with van der Waals surface area (Å²) in [5.41, 5.74) is 2.81. The first-order valence-electron chi connectivity index (χ1n) is 8.03. The predicted octanol–water partition coefficient (Wildman–Crippen LogP) is 1.36. The molecule has 2 fully saturated rings. The molecule has 2 aliphatic heterocycles. The predicted molar refractivity (Wildman–Crippen MR) is 86.4 cm³/mol. The number of piperazine rings is 1. The summed E-state index contributed by atoms with van der Waals surface area (Å²) in [6.07, 6.45) is 2.57. The topological polar surface area (TPSA) is 74.6 Å². The lowest BCUT2D eigenvalue weighted by Crippen LogP contribution is -2.43. The molecule has 2 amide bonds. The molecule has 0 aliphatic carbocycles. The number of amides is 2. The zero-order valence-corrected chi connectivity index (χ0v) is 12.8. The first-order valence-corrected chi connectivity index (χ1v) is 8.03. The number of imide groups is 1. The smallest absolute Gasteiger partial charge is 0.234 e. The van der Waals surface area contributed by atoms with Crippen LogP contribution in [0, 0.1) is 0 Å². The Morgan fingerprint density at radius 2 is 2.00 bits per heavy atom. The maximum Gasteiger partial charge on any atom is 0.234 e. The Labute approximate surface area is 133 Å². The van der Waals surface area contributed by atoms with Gasteiger partial charge in [0.05, 0.1) is 12.2 Å². The van der Waals surface area contributed by atoms with Gasteiger partial charge in [-0.25, -0.2) is 0 Å². The maximum atomic E-state index is 12.1. The highest BCUT2D eigenvalue weighted by atomic mass is 16.3. The summed E-state index contributed by atoms with van der Waals surface area (Å²) >= 11 is 0. The second-order valence-electron chi connectivity index (χ2n) is 6.11. The average molecular weight is 313 g/mol. The lowest BCUT2D eigenvalue weighted by Gasteiger charge is -2.29. The Bertz CT molecular complexity index is 762. The fraction of sp³-hybridized carbons (Fsp3) is 0.412. The molecule has 4 rings (SSSR count). The molecule has 6 nitrogen and oxygen atoms in total. The van der Waals surface area contributed by atoms with E-state index in [0.29, 0.717) is 12.8 Å². The van der Waals surface area contributed by atoms with Crippen molar-refractivity contribution in [1.29, 1.82) is 0 Å². The van der Waals surface area contributed by atoms with Gasteiger partial charge in [-0.3, -0.25) is 14.9 Å². The molecule has 2 saturated heterocycles. The molecule has 0 saturated carbocycles. The average Bonchev–Trinajstić information content (AvgIpc) is 2.99. The second-order valence-corrected chi connectivity index (χ2v) is 6.11. The van der Waals surface area contributed by atoms with Gasteiger partial charge in [0.25, 0.3) is 0 Å². The number of nitrogens with one attached hydrogen (secondary N) is 2. The SMILES string of the molecule is O=C1CCC(c2coc3ccc(N4CCNCC4)cc23)C(=O)N1. The van der Waals surface area contributed by atoms with Crippen molar-refractivity contribution in [3.8, 4) is 0 Å². The maximum absolute atomic E-state index is 12.1. The van der Waals surface area contributed by atoms with Gasteiger partial charge in [0, 0.05) is 49.2 Å². The Hall–Kier alpha value is -2.34. The summed E-state index contributed by atoms with van der Waals surface area (Å²) < 4.78 is 5.62. The summed E-state index contributed by atoms with van der Waals surface area (Å²) in [6.45, 7) is 3.89. The minimum atomic E-state index is -0.313. The minimum Gasteiger partial charge on any atom is -0.464 e. The summed E-state index contributed by atoms with van der Waals surface area (Å²) in [5, 5.41) is 6.73. The fourth-order valence-electron chi connectivity index (χ4n) is 3.42. The van der Waals surface area contributed by atoms with Crippen molar-refractivity contribution in [2.75, 3.05) is 31.1 Å². The van der Waals surface area contributed by atoms with E-state index in [0.717, 1.165) is 48.4 Å². The van der Waals surface area contributed by atoms with Crippen LogP contribution in [0.4, 0.5) is 5.69 Å². The molecule has 0 spiro atoms. The van der Waals surface area contributed by atoms with Crippen LogP contribution in [-0.4, -0.2) is 38.0 Å². The molecule has 1 aromatic carbocycles. The number of hydrogen-bond acceptors (Lipinski definition) is 5. The number of anilines is 1. The first-order chi connectivity index (χ1) is 11.2. The van der Waals surface area contributed by atoms with E-state index in [4.69, 9.17) is 4.42 Å². The number of benzene rings is 1. The van der Waals surface area contributed by atoms with E-state index in [1.54, 1.807) is 6.26 Å². The third-order valence-corrected chi connectivity index (χ3v) is 4.68. The second kappa shape index (κ2) is 5.70. The molecule has 2 N–H and O–H groups in total. The van der Waals surface area contributed by atoms with E-state index in [1.807, 2.05) is 6.07 Å². The van der Waals surface area contributed by atoms with Crippen LogP contribution >= 0.6 is 0 Å². The third-order valence-electron chi connectivity index (χ3n) is 4.68. The van der Waals surface area contributed by atoms with Gasteiger partial charge in [-0.2, -0.15) is 0 Å². The van der Waals surface area contributed by atoms with Crippen molar-refractivity contribution in [2.45, 2.75) is 18.8 Å². The molecule has 2 aromatic rings. The lowest BCUT2D eigenvalue weighted by molar-refractivity contribution is -0.134. The molecule has 6 heteroatoms. The zero-order chi connectivity index (χ0) is 15.8. The van der Waals surface area contributed by atoms with Gasteiger partial charge in [-0.1, -0.05) is 0 Å². The largest absolute Gasteiger partial charge is 0.464 e. The van der Waals surface area contributed by atoms with Crippen LogP contribution in [0.3, 0.4) is 0 Å². The van der Waals surface area contributed by atoms with Gasteiger partial charge >= 0.3 is 0 Å². The Balaban J connectivity index is 1.70. The van der Waals surface area contributed by atoms with Crippen LogP contribution in [0.1, 0.15) is 24.3 Å². The molecule has 0 radical (unpaired) electrons. The molecule has 1 aromatic heterocycles. The normalized spacial score (nSPS) is 22.4. The van der Waals surface area contributed by atoms with Gasteiger partial charge in [-0.15, -0.1) is 0 Å². The highest BCUT2D eigenvalue weighted by Gasteiger charge is 2.30. The van der Waals surface area contributed by atoms with Crippen LogP contribution < -0.4 is 15.5 Å². The van der Waals surface area contributed by atoms with Gasteiger partial charge < -0.3 is 14.6 Å². The first kappa shape index (κ1) is 14.3. The van der Waals surface area contributed by atoms with Gasteiger partial charge in [0.1, 0.15) is 5.58 Å². The van der Waals surface area contributed by atoms with Crippen LogP contribution in [0.25, 0.3) is 11.0 Å². The van der Waals surface area contributed by atoms with Crippen molar-refractivity contribution in [2.24, 2.45) is 0 Å². The Morgan fingerprint density at radius 3 is 2.78 bits per heavy atom. The van der Waals surface area contributed by atoms with Crippen molar-refractivity contribution < 1.29 is 14.0 Å². The van der Waals surface area contributed by atoms with Crippen molar-refractivity contribution in [3.05, 3.63) is 30.0 Å². The molecule has 1 atom stereocenters. The Kier molecular flexibility index (Phi) is 3.53. The highest BCUT2D eigenvalue weighted by molar-refractivity contribution is 6.03. The quantitative estimate of drug-likeness (QED) is 0.819. The molecule has 0 bridgehead atoms. The number of piperidine rings is 1.